The van der Waals surface area contributed by atoms with Crippen molar-refractivity contribution in [2.75, 3.05) is 0 Å². The topological polar surface area (TPSA) is 63.3 Å². The van der Waals surface area contributed by atoms with Crippen molar-refractivity contribution in [2.45, 2.75) is 18.5 Å². The number of nitrogens with two attached hydrogens (primary N) is 1. The van der Waals surface area contributed by atoms with E-state index in [0.717, 1.165) is 0 Å². The molecule has 13 heavy (non-hydrogen) atoms. The van der Waals surface area contributed by atoms with Crippen molar-refractivity contribution in [3.8, 4) is 0 Å². The first-order chi connectivity index (χ1) is 5.57. The lowest BCUT2D eigenvalue weighted by Gasteiger charge is -2.16. The van der Waals surface area contributed by atoms with E-state index in [1.54, 1.807) is 0 Å². The van der Waals surface area contributed by atoms with Crippen LogP contribution in [-0.2, 0) is 4.79 Å². The number of aliphatic hydroxyl groups excluding tert-OH is 1. The van der Waals surface area contributed by atoms with Gasteiger partial charge in [0, 0.05) is 0 Å². The second-order valence-corrected chi connectivity index (χ2v) is 1.62. The lowest BCUT2D eigenvalue weighted by Crippen LogP contribution is -2.41. The predicted molar refractivity (Wildman–Crippen MR) is 28.4 cm³/mol. The van der Waals surface area contributed by atoms with Crippen LogP contribution in [0.3, 0.4) is 0 Å². The van der Waals surface area contributed by atoms with Crippen LogP contribution in [0, 0.1) is 0 Å². The molecule has 0 aromatic rings. The zero-order valence-corrected chi connectivity index (χ0v) is 5.86. The second-order valence-electron chi connectivity index (χ2n) is 1.62. The Morgan fingerprint density at radius 3 is 1.23 bits per heavy atom. The largest absolute Gasteiger partial charge is 0.423 e. The third-order valence-corrected chi connectivity index (χ3v) is 0.620. The van der Waals surface area contributed by atoms with Crippen LogP contribution in [0.4, 0.5) is 26.3 Å². The molecule has 0 aromatic heterocycles. The van der Waals surface area contributed by atoms with E-state index in [0.29, 0.717) is 0 Å². The van der Waals surface area contributed by atoms with Gasteiger partial charge < -0.3 is 10.8 Å². The summed E-state index contributed by atoms with van der Waals surface area (Å²) in [6.45, 7) is 0. The molecule has 0 aliphatic rings. The average molecular weight is 213 g/mol. The van der Waals surface area contributed by atoms with E-state index in [1.807, 2.05) is 0 Å². The Balaban J connectivity index is 0. The fourth-order valence-corrected chi connectivity index (χ4v) is 0.186. The molecule has 3 nitrogen and oxygen atoms in total. The van der Waals surface area contributed by atoms with E-state index >= 15 is 0 Å². The minimum Gasteiger partial charge on any atom is -0.377 e. The number of amides is 1. The number of halogens is 6. The number of primary amides is 1. The van der Waals surface area contributed by atoms with Crippen molar-refractivity contribution in [3.05, 3.63) is 0 Å². The van der Waals surface area contributed by atoms with Gasteiger partial charge >= 0.3 is 12.4 Å². The monoisotopic (exact) mass is 213 g/mol. The van der Waals surface area contributed by atoms with Crippen LogP contribution in [-0.4, -0.2) is 30.0 Å². The van der Waals surface area contributed by atoms with Crippen LogP contribution in [0.1, 0.15) is 0 Å². The standard InChI is InChI=1S/C3H2F6O.CH3NO/c4-2(5,6)1(10)3(7,8)9;2-1-3/h1,10H;1H,(H2,2,3). The Morgan fingerprint density at radius 2 is 1.23 bits per heavy atom. The zero-order valence-electron chi connectivity index (χ0n) is 5.86. The molecule has 0 spiro atoms. The first kappa shape index (κ1) is 14.5. The van der Waals surface area contributed by atoms with E-state index in [1.165, 1.54) is 0 Å². The SMILES string of the molecule is NC=O.OC(C(F)(F)F)C(F)(F)F. The summed E-state index contributed by atoms with van der Waals surface area (Å²) in [5, 5.41) is 7.47. The number of hydrogen-bond acceptors (Lipinski definition) is 2. The van der Waals surface area contributed by atoms with Gasteiger partial charge in [-0.1, -0.05) is 0 Å². The van der Waals surface area contributed by atoms with Crippen molar-refractivity contribution < 1.29 is 36.2 Å². The summed E-state index contributed by atoms with van der Waals surface area (Å²) >= 11 is 0. The van der Waals surface area contributed by atoms with Gasteiger partial charge in [-0.3, -0.25) is 4.79 Å². The Bertz CT molecular complexity index is 138. The number of rotatable bonds is 0. The minimum atomic E-state index is -5.63. The van der Waals surface area contributed by atoms with Crippen LogP contribution in [0.2, 0.25) is 0 Å². The lowest BCUT2D eigenvalue weighted by atomic mass is 10.3. The molecule has 0 unspecified atom stereocenters. The maximum absolute atomic E-state index is 11.0. The molecule has 1 amide bonds. The van der Waals surface area contributed by atoms with Crippen molar-refractivity contribution in [3.63, 3.8) is 0 Å². The molecule has 9 heteroatoms. The molecule has 0 bridgehead atoms. The van der Waals surface area contributed by atoms with Gasteiger partial charge in [0.2, 0.25) is 12.5 Å². The van der Waals surface area contributed by atoms with Crippen LogP contribution < -0.4 is 5.73 Å². The molecule has 0 radical (unpaired) electrons. The van der Waals surface area contributed by atoms with Gasteiger partial charge in [0.25, 0.3) is 0 Å². The molecule has 0 fully saturated rings. The highest BCUT2D eigenvalue weighted by atomic mass is 19.4. The van der Waals surface area contributed by atoms with Crippen molar-refractivity contribution in [1.82, 2.24) is 0 Å². The highest BCUT2D eigenvalue weighted by molar-refractivity contribution is 5.42. The predicted octanol–water partition coefficient (Wildman–Crippen LogP) is 0.573. The summed E-state index contributed by atoms with van der Waals surface area (Å²) in [5.41, 5.74) is 4.17. The van der Waals surface area contributed by atoms with Gasteiger partial charge in [-0.2, -0.15) is 26.3 Å². The van der Waals surface area contributed by atoms with E-state index in [-0.39, 0.29) is 6.41 Å². The van der Waals surface area contributed by atoms with Crippen molar-refractivity contribution in [1.29, 1.82) is 0 Å². The number of aliphatic hydroxyl groups is 1. The molecule has 3 N–H and O–H groups in total. The molecule has 0 atom stereocenters. The fourth-order valence-electron chi connectivity index (χ4n) is 0.186. The molecular weight excluding hydrogens is 208 g/mol. The van der Waals surface area contributed by atoms with Crippen LogP contribution in [0.5, 0.6) is 0 Å². The van der Waals surface area contributed by atoms with E-state index < -0.39 is 18.5 Å². The van der Waals surface area contributed by atoms with Crippen LogP contribution in [0.25, 0.3) is 0 Å². The zero-order chi connectivity index (χ0) is 11.3. The smallest absolute Gasteiger partial charge is 0.377 e. The number of carbonyl (C=O) groups excluding carboxylic acids is 1. The van der Waals surface area contributed by atoms with Gasteiger partial charge in [0.05, 0.1) is 0 Å². The summed E-state index contributed by atoms with van der Waals surface area (Å²) in [4.78, 5) is 8.58. The number of alkyl halides is 6. The molecule has 0 aromatic carbocycles. The molecule has 0 saturated heterocycles. The van der Waals surface area contributed by atoms with Crippen molar-refractivity contribution >= 4 is 6.41 Å². The normalized spacial score (nSPS) is 12.0. The summed E-state index contributed by atoms with van der Waals surface area (Å²) in [7, 11) is 0. The molecule has 0 aliphatic heterocycles. The number of carbonyl (C=O) groups is 1. The third-order valence-electron chi connectivity index (χ3n) is 0.620. The molecule has 80 valence electrons. The van der Waals surface area contributed by atoms with E-state index in [9.17, 15) is 26.3 Å². The third kappa shape index (κ3) is 7.37. The summed E-state index contributed by atoms with van der Waals surface area (Å²) in [6.07, 6.45) is -15.2. The van der Waals surface area contributed by atoms with Gasteiger partial charge in [0.15, 0.2) is 0 Å². The second kappa shape index (κ2) is 4.90. The Kier molecular flexibility index (Phi) is 5.47. The minimum absolute atomic E-state index is 0.250. The summed E-state index contributed by atoms with van der Waals surface area (Å²) in [5.74, 6) is 0. The molecule has 0 saturated carbocycles. The van der Waals surface area contributed by atoms with Crippen molar-refractivity contribution in [2.24, 2.45) is 5.73 Å². The highest BCUT2D eigenvalue weighted by Crippen LogP contribution is 2.32. The van der Waals surface area contributed by atoms with E-state index in [4.69, 9.17) is 9.90 Å². The summed E-state index contributed by atoms with van der Waals surface area (Å²) in [6, 6.07) is 0. The van der Waals surface area contributed by atoms with Gasteiger partial charge in [-0.25, -0.2) is 0 Å². The quantitative estimate of drug-likeness (QED) is 0.456. The maximum Gasteiger partial charge on any atom is 0.423 e. The first-order valence-electron chi connectivity index (χ1n) is 2.54. The molecule has 0 rings (SSSR count). The van der Waals surface area contributed by atoms with Crippen LogP contribution in [0.15, 0.2) is 0 Å². The maximum atomic E-state index is 11.0. The average Bonchev–Trinajstić information content (AvgIpc) is 1.84. The number of hydrogen-bond donors (Lipinski definition) is 2. The summed E-state index contributed by atoms with van der Waals surface area (Å²) < 4.78 is 65.9. The molecule has 0 aliphatic carbocycles. The lowest BCUT2D eigenvalue weighted by molar-refractivity contribution is -0.308. The highest BCUT2D eigenvalue weighted by Gasteiger charge is 2.55. The Labute approximate surface area is 68.1 Å². The van der Waals surface area contributed by atoms with Gasteiger partial charge in [-0.15, -0.1) is 0 Å². The van der Waals surface area contributed by atoms with Crippen LogP contribution >= 0.6 is 0 Å². The fraction of sp³-hybridized carbons (Fsp3) is 0.750. The Morgan fingerprint density at radius 1 is 1.08 bits per heavy atom. The molecule has 0 heterocycles. The van der Waals surface area contributed by atoms with Gasteiger partial charge in [0.1, 0.15) is 0 Å². The first-order valence-corrected chi connectivity index (χ1v) is 2.54. The molecular formula is C4H5F6NO2. The Hall–Kier alpha value is -0.990. The van der Waals surface area contributed by atoms with E-state index in [2.05, 4.69) is 5.73 Å². The van der Waals surface area contributed by atoms with Gasteiger partial charge in [-0.05, 0) is 0 Å².